The second kappa shape index (κ2) is 5.61. The summed E-state index contributed by atoms with van der Waals surface area (Å²) >= 11 is 1.28. The largest absolute Gasteiger partial charge is 0.480 e. The number of nitrogens with one attached hydrogen (secondary N) is 1. The number of hydrogen-bond acceptors (Lipinski definition) is 5. The van der Waals surface area contributed by atoms with Crippen molar-refractivity contribution in [1.82, 2.24) is 4.90 Å². The van der Waals surface area contributed by atoms with Gasteiger partial charge in [-0.15, -0.1) is 11.3 Å². The number of hydrogen-bond donors (Lipinski definition) is 2. The SMILES string of the molecule is CC1(C(=O)O)CCCN1CC(=O)Nc1sccc1C#N. The molecule has 2 rings (SSSR count). The molecule has 1 aromatic rings. The van der Waals surface area contributed by atoms with Gasteiger partial charge in [0.1, 0.15) is 16.6 Å². The Morgan fingerprint density at radius 3 is 3.05 bits per heavy atom. The van der Waals surface area contributed by atoms with Crippen molar-refractivity contribution >= 4 is 28.2 Å². The highest BCUT2D eigenvalue weighted by molar-refractivity contribution is 7.14. The number of nitriles is 1. The first-order valence-corrected chi connectivity index (χ1v) is 7.11. The number of aliphatic carboxylic acids is 1. The Labute approximate surface area is 120 Å². The lowest BCUT2D eigenvalue weighted by Gasteiger charge is -2.30. The van der Waals surface area contributed by atoms with E-state index < -0.39 is 11.5 Å². The Hall–Kier alpha value is -1.91. The summed E-state index contributed by atoms with van der Waals surface area (Å²) in [7, 11) is 0. The first kappa shape index (κ1) is 14.5. The molecule has 0 bridgehead atoms. The molecule has 20 heavy (non-hydrogen) atoms. The van der Waals surface area contributed by atoms with E-state index in [1.54, 1.807) is 23.3 Å². The average molecular weight is 293 g/mol. The molecular weight excluding hydrogens is 278 g/mol. The Balaban J connectivity index is 2.02. The first-order chi connectivity index (χ1) is 9.47. The summed E-state index contributed by atoms with van der Waals surface area (Å²) in [6.45, 7) is 2.25. The van der Waals surface area contributed by atoms with Crippen LogP contribution in [0.15, 0.2) is 11.4 Å². The van der Waals surface area contributed by atoms with E-state index in [0.29, 0.717) is 23.5 Å². The zero-order chi connectivity index (χ0) is 14.8. The molecule has 6 nitrogen and oxygen atoms in total. The van der Waals surface area contributed by atoms with E-state index in [-0.39, 0.29) is 12.5 Å². The minimum Gasteiger partial charge on any atom is -0.480 e. The molecule has 0 radical (unpaired) electrons. The van der Waals surface area contributed by atoms with Gasteiger partial charge in [-0.05, 0) is 37.8 Å². The quantitative estimate of drug-likeness (QED) is 0.877. The van der Waals surface area contributed by atoms with Crippen LogP contribution < -0.4 is 5.32 Å². The van der Waals surface area contributed by atoms with Crippen LogP contribution in [0, 0.1) is 11.3 Å². The number of amides is 1. The molecule has 1 aromatic heterocycles. The van der Waals surface area contributed by atoms with E-state index in [4.69, 9.17) is 5.26 Å². The van der Waals surface area contributed by atoms with E-state index in [1.165, 1.54) is 11.3 Å². The second-order valence-electron chi connectivity index (χ2n) is 4.93. The maximum Gasteiger partial charge on any atom is 0.323 e. The molecule has 1 aliphatic heterocycles. The van der Waals surface area contributed by atoms with Crippen LogP contribution in [-0.4, -0.2) is 40.5 Å². The molecule has 0 saturated carbocycles. The number of thiophene rings is 1. The molecule has 2 heterocycles. The Kier molecular flexibility index (Phi) is 4.06. The summed E-state index contributed by atoms with van der Waals surface area (Å²) in [5.74, 6) is -1.20. The van der Waals surface area contributed by atoms with E-state index in [2.05, 4.69) is 5.32 Å². The molecule has 0 spiro atoms. The van der Waals surface area contributed by atoms with Crippen molar-refractivity contribution in [2.75, 3.05) is 18.4 Å². The van der Waals surface area contributed by atoms with Crippen molar-refractivity contribution in [3.05, 3.63) is 17.0 Å². The van der Waals surface area contributed by atoms with Gasteiger partial charge in [0.15, 0.2) is 0 Å². The van der Waals surface area contributed by atoms with Crippen molar-refractivity contribution in [2.45, 2.75) is 25.3 Å². The maximum atomic E-state index is 12.0. The molecule has 1 atom stereocenters. The van der Waals surface area contributed by atoms with Gasteiger partial charge < -0.3 is 10.4 Å². The molecule has 1 unspecified atom stereocenters. The Morgan fingerprint density at radius 1 is 1.65 bits per heavy atom. The van der Waals surface area contributed by atoms with Crippen molar-refractivity contribution in [2.24, 2.45) is 0 Å². The lowest BCUT2D eigenvalue weighted by atomic mass is 9.99. The third kappa shape index (κ3) is 2.66. The normalized spacial score (nSPS) is 22.4. The Bertz CT molecular complexity index is 578. The van der Waals surface area contributed by atoms with Crippen molar-refractivity contribution in [3.63, 3.8) is 0 Å². The number of carbonyl (C=O) groups is 2. The molecule has 1 saturated heterocycles. The predicted octanol–water partition coefficient (Wildman–Crippen LogP) is 1.50. The lowest BCUT2D eigenvalue weighted by molar-refractivity contribution is -0.149. The van der Waals surface area contributed by atoms with Gasteiger partial charge in [0, 0.05) is 0 Å². The number of nitrogens with zero attached hydrogens (tertiary/aromatic N) is 2. The van der Waals surface area contributed by atoms with Crippen molar-refractivity contribution in [3.8, 4) is 6.07 Å². The molecule has 1 aliphatic rings. The highest BCUT2D eigenvalue weighted by atomic mass is 32.1. The van der Waals surface area contributed by atoms with Crippen LogP contribution in [0.1, 0.15) is 25.3 Å². The van der Waals surface area contributed by atoms with Gasteiger partial charge in [-0.2, -0.15) is 5.26 Å². The van der Waals surface area contributed by atoms with Crippen LogP contribution in [0.2, 0.25) is 0 Å². The fourth-order valence-corrected chi connectivity index (χ4v) is 3.10. The minimum atomic E-state index is -0.981. The van der Waals surface area contributed by atoms with Gasteiger partial charge in [0.05, 0.1) is 12.1 Å². The van der Waals surface area contributed by atoms with Gasteiger partial charge in [-0.3, -0.25) is 14.5 Å². The number of carboxylic acids is 1. The van der Waals surface area contributed by atoms with Crippen molar-refractivity contribution < 1.29 is 14.7 Å². The summed E-state index contributed by atoms with van der Waals surface area (Å²) in [4.78, 5) is 25.0. The Morgan fingerprint density at radius 2 is 2.40 bits per heavy atom. The number of carboxylic acid groups (broad SMARTS) is 1. The summed E-state index contributed by atoms with van der Waals surface area (Å²) < 4.78 is 0. The first-order valence-electron chi connectivity index (χ1n) is 6.23. The maximum absolute atomic E-state index is 12.0. The van der Waals surface area contributed by atoms with Gasteiger partial charge >= 0.3 is 5.97 Å². The molecule has 106 valence electrons. The van der Waals surface area contributed by atoms with Crippen LogP contribution in [0.4, 0.5) is 5.00 Å². The van der Waals surface area contributed by atoms with Gasteiger partial charge in [-0.25, -0.2) is 0 Å². The summed E-state index contributed by atoms with van der Waals surface area (Å²) in [5.41, 5.74) is -0.559. The van der Waals surface area contributed by atoms with Gasteiger partial charge in [0.25, 0.3) is 0 Å². The standard InChI is InChI=1S/C13H15N3O3S/c1-13(12(18)19)4-2-5-16(13)8-10(17)15-11-9(7-14)3-6-20-11/h3,6H,2,4-5,8H2,1H3,(H,15,17)(H,18,19). The van der Waals surface area contributed by atoms with E-state index in [1.807, 2.05) is 6.07 Å². The summed E-state index contributed by atoms with van der Waals surface area (Å²) in [5, 5.41) is 23.1. The molecule has 0 aliphatic carbocycles. The topological polar surface area (TPSA) is 93.4 Å². The third-order valence-electron chi connectivity index (χ3n) is 3.62. The van der Waals surface area contributed by atoms with E-state index in [9.17, 15) is 14.7 Å². The predicted molar refractivity (Wildman–Crippen MR) is 74.5 cm³/mol. The van der Waals surface area contributed by atoms with Crippen LogP contribution in [0.5, 0.6) is 0 Å². The molecule has 2 N–H and O–H groups in total. The van der Waals surface area contributed by atoms with Gasteiger partial charge in [0.2, 0.25) is 5.91 Å². The van der Waals surface area contributed by atoms with Crippen LogP contribution in [-0.2, 0) is 9.59 Å². The molecular formula is C13H15N3O3S. The summed E-state index contributed by atoms with van der Waals surface area (Å²) in [6.07, 6.45) is 1.30. The molecule has 7 heteroatoms. The van der Waals surface area contributed by atoms with Gasteiger partial charge in [-0.1, -0.05) is 0 Å². The minimum absolute atomic E-state index is 0.0194. The number of anilines is 1. The highest BCUT2D eigenvalue weighted by Gasteiger charge is 2.43. The highest BCUT2D eigenvalue weighted by Crippen LogP contribution is 2.29. The zero-order valence-corrected chi connectivity index (χ0v) is 11.9. The molecule has 1 fully saturated rings. The second-order valence-corrected chi connectivity index (χ2v) is 5.84. The monoisotopic (exact) mass is 293 g/mol. The average Bonchev–Trinajstić information content (AvgIpc) is 2.98. The zero-order valence-electron chi connectivity index (χ0n) is 11.0. The fraction of sp³-hybridized carbons (Fsp3) is 0.462. The summed E-state index contributed by atoms with van der Waals surface area (Å²) in [6, 6.07) is 3.63. The number of carbonyl (C=O) groups excluding carboxylic acids is 1. The smallest absolute Gasteiger partial charge is 0.323 e. The fourth-order valence-electron chi connectivity index (χ4n) is 2.35. The lowest BCUT2D eigenvalue weighted by Crippen LogP contribution is -2.50. The van der Waals surface area contributed by atoms with Crippen LogP contribution in [0.3, 0.4) is 0 Å². The molecule has 1 amide bonds. The van der Waals surface area contributed by atoms with Crippen molar-refractivity contribution in [1.29, 1.82) is 5.26 Å². The molecule has 0 aromatic carbocycles. The van der Waals surface area contributed by atoms with Crippen LogP contribution in [0.25, 0.3) is 0 Å². The van der Waals surface area contributed by atoms with E-state index in [0.717, 1.165) is 6.42 Å². The van der Waals surface area contributed by atoms with E-state index >= 15 is 0 Å². The number of rotatable bonds is 4. The third-order valence-corrected chi connectivity index (χ3v) is 4.45. The van der Waals surface area contributed by atoms with Crippen LogP contribution >= 0.6 is 11.3 Å². The number of likely N-dealkylation sites (tertiary alicyclic amines) is 1.